The van der Waals surface area contributed by atoms with Crippen molar-refractivity contribution in [2.75, 3.05) is 14.2 Å². The molecule has 0 fully saturated rings. The molecular formula is C19H19ClN4O4S. The van der Waals surface area contributed by atoms with E-state index in [1.54, 1.807) is 18.2 Å². The summed E-state index contributed by atoms with van der Waals surface area (Å²) in [5, 5.41) is 10.1. The largest absolute Gasteiger partial charge is 0.495 e. The Morgan fingerprint density at radius 1 is 1.21 bits per heavy atom. The molecule has 152 valence electrons. The summed E-state index contributed by atoms with van der Waals surface area (Å²) in [6, 6.07) is 13.4. The number of ether oxygens (including phenoxy) is 1. The van der Waals surface area contributed by atoms with E-state index >= 15 is 0 Å². The SMILES string of the molecule is CNS(=O)(=O)c1cc(-c2cc(C(=O)NCc3ccccc3Cl)[nH]n2)ccc1OC. The number of carbonyl (C=O) groups is 1. The number of hydrogen-bond donors (Lipinski definition) is 3. The molecule has 0 saturated heterocycles. The zero-order valence-electron chi connectivity index (χ0n) is 15.7. The summed E-state index contributed by atoms with van der Waals surface area (Å²) < 4.78 is 31.9. The summed E-state index contributed by atoms with van der Waals surface area (Å²) >= 11 is 6.09. The third-order valence-corrected chi connectivity index (χ3v) is 6.04. The Balaban J connectivity index is 1.82. The fraction of sp³-hybridized carbons (Fsp3) is 0.158. The summed E-state index contributed by atoms with van der Waals surface area (Å²) in [7, 11) is -1.02. The van der Waals surface area contributed by atoms with Crippen LogP contribution in [0.5, 0.6) is 5.75 Å². The van der Waals surface area contributed by atoms with Crippen molar-refractivity contribution >= 4 is 27.5 Å². The molecule has 0 atom stereocenters. The molecule has 10 heteroatoms. The Hall–Kier alpha value is -2.88. The van der Waals surface area contributed by atoms with Gasteiger partial charge in [0.1, 0.15) is 16.3 Å². The van der Waals surface area contributed by atoms with Crippen molar-refractivity contribution in [3.8, 4) is 17.0 Å². The van der Waals surface area contributed by atoms with Crippen molar-refractivity contribution in [3.05, 3.63) is 64.8 Å². The third kappa shape index (κ3) is 4.58. The van der Waals surface area contributed by atoms with E-state index in [0.717, 1.165) is 5.56 Å². The Kier molecular flexibility index (Phi) is 6.21. The summed E-state index contributed by atoms with van der Waals surface area (Å²) in [5.74, 6) is -0.156. The number of aromatic nitrogens is 2. The van der Waals surface area contributed by atoms with Gasteiger partial charge in [0.05, 0.1) is 12.8 Å². The van der Waals surface area contributed by atoms with E-state index in [4.69, 9.17) is 16.3 Å². The standard InChI is InChI=1S/C19H19ClN4O4S/c1-21-29(26,27)18-9-12(7-8-17(18)28-2)15-10-16(24-23-15)19(25)22-11-13-5-3-4-6-14(13)20/h3-10,21H,11H2,1-2H3,(H,22,25)(H,23,24). The van der Waals surface area contributed by atoms with E-state index in [1.165, 1.54) is 26.3 Å². The molecule has 3 aromatic rings. The Bertz CT molecular complexity index is 1140. The van der Waals surface area contributed by atoms with E-state index in [2.05, 4.69) is 20.2 Å². The van der Waals surface area contributed by atoms with Crippen molar-refractivity contribution in [2.45, 2.75) is 11.4 Å². The van der Waals surface area contributed by atoms with Gasteiger partial charge in [-0.15, -0.1) is 0 Å². The smallest absolute Gasteiger partial charge is 0.269 e. The second-order valence-corrected chi connectivity index (χ2v) is 8.28. The molecule has 0 unspecified atom stereocenters. The lowest BCUT2D eigenvalue weighted by atomic mass is 10.1. The Morgan fingerprint density at radius 3 is 2.66 bits per heavy atom. The molecule has 1 heterocycles. The highest BCUT2D eigenvalue weighted by atomic mass is 35.5. The first-order chi connectivity index (χ1) is 13.9. The molecule has 29 heavy (non-hydrogen) atoms. The van der Waals surface area contributed by atoms with Crippen molar-refractivity contribution < 1.29 is 17.9 Å². The maximum absolute atomic E-state index is 12.4. The molecule has 0 radical (unpaired) electrons. The van der Waals surface area contributed by atoms with Gasteiger partial charge in [0.2, 0.25) is 10.0 Å². The highest BCUT2D eigenvalue weighted by molar-refractivity contribution is 7.89. The molecule has 0 aliphatic rings. The van der Waals surface area contributed by atoms with Crippen LogP contribution < -0.4 is 14.8 Å². The van der Waals surface area contributed by atoms with Gasteiger partial charge in [-0.1, -0.05) is 29.8 Å². The maximum atomic E-state index is 12.4. The Labute approximate surface area is 173 Å². The van der Waals surface area contributed by atoms with Crippen molar-refractivity contribution in [2.24, 2.45) is 0 Å². The molecule has 0 bridgehead atoms. The zero-order valence-corrected chi connectivity index (χ0v) is 17.3. The van der Waals surface area contributed by atoms with E-state index in [-0.39, 0.29) is 28.8 Å². The van der Waals surface area contributed by atoms with Crippen LogP contribution in [0.4, 0.5) is 0 Å². The highest BCUT2D eigenvalue weighted by Crippen LogP contribution is 2.29. The van der Waals surface area contributed by atoms with Crippen LogP contribution in [0.25, 0.3) is 11.3 Å². The average Bonchev–Trinajstić information content (AvgIpc) is 3.23. The van der Waals surface area contributed by atoms with Crippen LogP contribution in [-0.2, 0) is 16.6 Å². The molecule has 3 N–H and O–H groups in total. The Morgan fingerprint density at radius 2 is 1.97 bits per heavy atom. The number of sulfonamides is 1. The number of amides is 1. The van der Waals surface area contributed by atoms with Crippen LogP contribution in [0.1, 0.15) is 16.1 Å². The summed E-state index contributed by atoms with van der Waals surface area (Å²) in [6.45, 7) is 0.264. The quantitative estimate of drug-likeness (QED) is 0.529. The third-order valence-electron chi connectivity index (χ3n) is 4.24. The van der Waals surface area contributed by atoms with Crippen molar-refractivity contribution in [1.29, 1.82) is 0 Å². The zero-order chi connectivity index (χ0) is 21.0. The lowest BCUT2D eigenvalue weighted by Crippen LogP contribution is -2.23. The van der Waals surface area contributed by atoms with E-state index < -0.39 is 10.0 Å². The van der Waals surface area contributed by atoms with Crippen LogP contribution >= 0.6 is 11.6 Å². The molecule has 1 aromatic heterocycles. The molecule has 2 aromatic carbocycles. The molecule has 0 spiro atoms. The first-order valence-corrected chi connectivity index (χ1v) is 10.4. The average molecular weight is 435 g/mol. The number of H-pyrrole nitrogens is 1. The molecule has 0 aliphatic heterocycles. The van der Waals surface area contributed by atoms with E-state index in [0.29, 0.717) is 16.3 Å². The topological polar surface area (TPSA) is 113 Å². The van der Waals surface area contributed by atoms with Crippen LogP contribution in [0, 0.1) is 0 Å². The maximum Gasteiger partial charge on any atom is 0.269 e. The number of benzene rings is 2. The lowest BCUT2D eigenvalue weighted by Gasteiger charge is -2.09. The second-order valence-electron chi connectivity index (χ2n) is 6.01. The molecule has 3 rings (SSSR count). The van der Waals surface area contributed by atoms with Gasteiger partial charge in [0.25, 0.3) is 5.91 Å². The predicted molar refractivity (Wildman–Crippen MR) is 109 cm³/mol. The van der Waals surface area contributed by atoms with Crippen LogP contribution in [-0.4, -0.2) is 38.7 Å². The number of methoxy groups -OCH3 is 1. The molecule has 1 amide bonds. The first-order valence-electron chi connectivity index (χ1n) is 8.54. The summed E-state index contributed by atoms with van der Waals surface area (Å²) in [6.07, 6.45) is 0. The fourth-order valence-corrected chi connectivity index (χ4v) is 3.78. The molecular weight excluding hydrogens is 416 g/mol. The predicted octanol–water partition coefficient (Wildman–Crippen LogP) is 2.58. The minimum Gasteiger partial charge on any atom is -0.495 e. The second kappa shape index (κ2) is 8.64. The normalized spacial score (nSPS) is 11.3. The number of nitrogens with one attached hydrogen (secondary N) is 3. The van der Waals surface area contributed by atoms with Gasteiger partial charge in [-0.3, -0.25) is 9.89 Å². The minimum atomic E-state index is -3.73. The van der Waals surface area contributed by atoms with E-state index in [1.807, 2.05) is 18.2 Å². The fourth-order valence-electron chi connectivity index (χ4n) is 2.65. The minimum absolute atomic E-state index is 0.0206. The monoisotopic (exact) mass is 434 g/mol. The van der Waals surface area contributed by atoms with Gasteiger partial charge in [0, 0.05) is 17.1 Å². The number of nitrogens with zero attached hydrogens (tertiary/aromatic N) is 1. The van der Waals surface area contributed by atoms with Gasteiger partial charge in [0.15, 0.2) is 0 Å². The number of halogens is 1. The first kappa shape index (κ1) is 20.8. The number of carbonyl (C=O) groups excluding carboxylic acids is 1. The molecule has 0 saturated carbocycles. The van der Waals surface area contributed by atoms with Gasteiger partial charge < -0.3 is 10.1 Å². The number of rotatable bonds is 7. The van der Waals surface area contributed by atoms with E-state index in [9.17, 15) is 13.2 Å². The number of aromatic amines is 1. The van der Waals surface area contributed by atoms with Crippen molar-refractivity contribution in [3.63, 3.8) is 0 Å². The van der Waals surface area contributed by atoms with Gasteiger partial charge >= 0.3 is 0 Å². The molecule has 0 aliphatic carbocycles. The van der Waals surface area contributed by atoms with Gasteiger partial charge in [-0.05, 0) is 42.9 Å². The van der Waals surface area contributed by atoms with Crippen molar-refractivity contribution in [1.82, 2.24) is 20.2 Å². The van der Waals surface area contributed by atoms with Gasteiger partial charge in [-0.2, -0.15) is 5.10 Å². The highest BCUT2D eigenvalue weighted by Gasteiger charge is 2.20. The van der Waals surface area contributed by atoms with Crippen LogP contribution in [0.15, 0.2) is 53.4 Å². The lowest BCUT2D eigenvalue weighted by molar-refractivity contribution is 0.0946. The molecule has 8 nitrogen and oxygen atoms in total. The summed E-state index contributed by atoms with van der Waals surface area (Å²) in [5.41, 5.74) is 1.96. The van der Waals surface area contributed by atoms with Crippen LogP contribution in [0.2, 0.25) is 5.02 Å². The summed E-state index contributed by atoms with van der Waals surface area (Å²) in [4.78, 5) is 12.4. The van der Waals surface area contributed by atoms with Crippen LogP contribution in [0.3, 0.4) is 0 Å². The van der Waals surface area contributed by atoms with Gasteiger partial charge in [-0.25, -0.2) is 13.1 Å². The number of hydrogen-bond acceptors (Lipinski definition) is 5.